The Morgan fingerprint density at radius 3 is 1.57 bits per heavy atom. The second-order valence-corrected chi connectivity index (χ2v) is 13.9. The molecule has 0 fully saturated rings. The summed E-state index contributed by atoms with van der Waals surface area (Å²) in [6, 6.07) is 67.4. The zero-order valence-corrected chi connectivity index (χ0v) is 30.2. The Kier molecular flexibility index (Phi) is 7.38. The Bertz CT molecular complexity index is 3170. The first-order valence-corrected chi connectivity index (χ1v) is 18.7. The fourth-order valence-corrected chi connectivity index (χ4v) is 8.02. The Balaban J connectivity index is 1.19. The molecule has 0 saturated carbocycles. The van der Waals surface area contributed by atoms with Gasteiger partial charge < -0.3 is 0 Å². The third-order valence-electron chi connectivity index (χ3n) is 10.6. The number of rotatable bonds is 6. The van der Waals surface area contributed by atoms with Crippen molar-refractivity contribution in [2.24, 2.45) is 0 Å². The molecular weight excluding hydrogens is 685 g/mol. The van der Waals surface area contributed by atoms with Gasteiger partial charge in [-0.15, -0.1) is 0 Å². The van der Waals surface area contributed by atoms with E-state index in [0.29, 0.717) is 17.6 Å². The zero-order valence-electron chi connectivity index (χ0n) is 30.2. The monoisotopic (exact) mass is 716 g/mol. The molecule has 0 aliphatic carbocycles. The topological polar surface area (TPSA) is 60.9 Å². The molecule has 6 nitrogen and oxygen atoms in total. The minimum Gasteiger partial charge on any atom is -0.278 e. The highest BCUT2D eigenvalue weighted by Crippen LogP contribution is 2.42. The van der Waals surface area contributed by atoms with E-state index >= 15 is 0 Å². The number of aromatic nitrogens is 6. The molecule has 0 N–H and O–H groups in total. The molecule has 56 heavy (non-hydrogen) atoms. The predicted molar refractivity (Wildman–Crippen MR) is 228 cm³/mol. The van der Waals surface area contributed by atoms with E-state index in [4.69, 9.17) is 20.1 Å². The molecule has 0 spiro atoms. The Hall–Kier alpha value is -7.70. The van der Waals surface area contributed by atoms with Crippen LogP contribution in [-0.4, -0.2) is 29.1 Å². The van der Waals surface area contributed by atoms with Gasteiger partial charge in [0.1, 0.15) is 5.69 Å². The van der Waals surface area contributed by atoms with Crippen molar-refractivity contribution in [2.45, 2.75) is 0 Å². The van der Waals surface area contributed by atoms with Gasteiger partial charge in [-0.05, 0) is 35.2 Å². The van der Waals surface area contributed by atoms with E-state index in [2.05, 4.69) is 143 Å². The summed E-state index contributed by atoms with van der Waals surface area (Å²) in [5, 5.41) is 10.0. The Labute approximate surface area is 322 Å². The van der Waals surface area contributed by atoms with Gasteiger partial charge in [0.2, 0.25) is 5.95 Å². The first-order valence-electron chi connectivity index (χ1n) is 18.7. The third-order valence-corrected chi connectivity index (χ3v) is 10.6. The summed E-state index contributed by atoms with van der Waals surface area (Å²) in [4.78, 5) is 15.2. The lowest BCUT2D eigenvalue weighted by atomic mass is 9.96. The Morgan fingerprint density at radius 2 is 0.911 bits per heavy atom. The van der Waals surface area contributed by atoms with Crippen molar-refractivity contribution in [3.8, 4) is 62.4 Å². The average molecular weight is 717 g/mol. The molecule has 11 aromatic rings. The third kappa shape index (κ3) is 5.19. The predicted octanol–water partition coefficient (Wildman–Crippen LogP) is 12.1. The van der Waals surface area contributed by atoms with E-state index in [1.54, 1.807) is 0 Å². The van der Waals surface area contributed by atoms with Crippen LogP contribution in [-0.2, 0) is 0 Å². The van der Waals surface area contributed by atoms with Gasteiger partial charge >= 0.3 is 0 Å². The second-order valence-electron chi connectivity index (χ2n) is 13.9. The van der Waals surface area contributed by atoms with Gasteiger partial charge in [-0.2, -0.15) is 15.1 Å². The number of hydrogen-bond donors (Lipinski definition) is 0. The van der Waals surface area contributed by atoms with Crippen molar-refractivity contribution in [1.29, 1.82) is 0 Å². The van der Waals surface area contributed by atoms with E-state index in [0.717, 1.165) is 77.5 Å². The van der Waals surface area contributed by atoms with Crippen LogP contribution in [0.25, 0.3) is 100 Å². The van der Waals surface area contributed by atoms with Gasteiger partial charge in [0.15, 0.2) is 11.6 Å². The summed E-state index contributed by atoms with van der Waals surface area (Å²) in [6.07, 6.45) is 0. The van der Waals surface area contributed by atoms with E-state index in [9.17, 15) is 0 Å². The van der Waals surface area contributed by atoms with Crippen molar-refractivity contribution in [1.82, 2.24) is 29.1 Å². The SMILES string of the molecule is c1ccc(-c2nc(-c3ccccc3)nc(-n3c4ccccc4c4cc(-c5nn6c(-c7ccccc7)cc7ccccc7c6c5-c5ccccc5)ccc43)n2)cc1. The van der Waals surface area contributed by atoms with Crippen LogP contribution in [0.4, 0.5) is 0 Å². The number of benzene rings is 7. The molecular formula is C50H32N6. The number of fused-ring (bicyclic) bond motifs is 6. The molecule has 0 unspecified atom stereocenters. The summed E-state index contributed by atoms with van der Waals surface area (Å²) >= 11 is 0. The molecule has 0 aliphatic heterocycles. The molecule has 0 amide bonds. The molecule has 4 heterocycles. The smallest absolute Gasteiger partial charge is 0.238 e. The summed E-state index contributed by atoms with van der Waals surface area (Å²) in [5.41, 5.74) is 11.3. The lowest BCUT2D eigenvalue weighted by Crippen LogP contribution is -2.06. The zero-order chi connectivity index (χ0) is 37.0. The van der Waals surface area contributed by atoms with Crippen LogP contribution in [0.3, 0.4) is 0 Å². The molecule has 4 aromatic heterocycles. The van der Waals surface area contributed by atoms with Gasteiger partial charge in [0.25, 0.3) is 0 Å². The minimum absolute atomic E-state index is 0.563. The fourth-order valence-electron chi connectivity index (χ4n) is 8.02. The maximum Gasteiger partial charge on any atom is 0.238 e. The van der Waals surface area contributed by atoms with Gasteiger partial charge in [-0.25, -0.2) is 9.50 Å². The van der Waals surface area contributed by atoms with Crippen LogP contribution in [0, 0.1) is 0 Å². The van der Waals surface area contributed by atoms with Crippen molar-refractivity contribution in [2.75, 3.05) is 0 Å². The van der Waals surface area contributed by atoms with Crippen LogP contribution in [0.2, 0.25) is 0 Å². The second kappa shape index (κ2) is 13.0. The average Bonchev–Trinajstić information content (AvgIpc) is 3.84. The normalized spacial score (nSPS) is 11.6. The first kappa shape index (κ1) is 31.8. The highest BCUT2D eigenvalue weighted by atomic mass is 15.2. The van der Waals surface area contributed by atoms with Crippen molar-refractivity contribution < 1.29 is 0 Å². The number of hydrogen-bond acceptors (Lipinski definition) is 4. The van der Waals surface area contributed by atoms with E-state index in [-0.39, 0.29) is 0 Å². The molecule has 0 aliphatic rings. The number of pyridine rings is 1. The van der Waals surface area contributed by atoms with Crippen LogP contribution in [0.5, 0.6) is 0 Å². The highest BCUT2D eigenvalue weighted by molar-refractivity contribution is 6.12. The van der Waals surface area contributed by atoms with Crippen molar-refractivity contribution in [3.05, 3.63) is 194 Å². The summed E-state index contributed by atoms with van der Waals surface area (Å²) in [6.45, 7) is 0. The summed E-state index contributed by atoms with van der Waals surface area (Å²) in [5.74, 6) is 1.81. The maximum absolute atomic E-state index is 5.50. The molecule has 11 rings (SSSR count). The largest absolute Gasteiger partial charge is 0.278 e. The van der Waals surface area contributed by atoms with Crippen molar-refractivity contribution >= 4 is 38.1 Å². The number of nitrogens with zero attached hydrogens (tertiary/aromatic N) is 6. The molecule has 0 bridgehead atoms. The van der Waals surface area contributed by atoms with E-state index < -0.39 is 0 Å². The van der Waals surface area contributed by atoms with Crippen LogP contribution >= 0.6 is 0 Å². The molecule has 6 heteroatoms. The highest BCUT2D eigenvalue weighted by Gasteiger charge is 2.23. The molecule has 0 atom stereocenters. The summed E-state index contributed by atoms with van der Waals surface area (Å²) < 4.78 is 4.31. The van der Waals surface area contributed by atoms with Gasteiger partial charge in [-0.3, -0.25) is 4.57 Å². The summed E-state index contributed by atoms with van der Waals surface area (Å²) in [7, 11) is 0. The van der Waals surface area contributed by atoms with Crippen LogP contribution in [0.1, 0.15) is 0 Å². The lowest BCUT2D eigenvalue weighted by Gasteiger charge is -2.11. The molecule has 0 saturated heterocycles. The quantitative estimate of drug-likeness (QED) is 0.172. The first-order chi connectivity index (χ1) is 27.8. The van der Waals surface area contributed by atoms with E-state index in [1.165, 1.54) is 5.39 Å². The Morgan fingerprint density at radius 1 is 0.375 bits per heavy atom. The van der Waals surface area contributed by atoms with Crippen LogP contribution < -0.4 is 0 Å². The van der Waals surface area contributed by atoms with Gasteiger partial charge in [-0.1, -0.05) is 170 Å². The number of para-hydroxylation sites is 1. The van der Waals surface area contributed by atoms with Gasteiger partial charge in [0.05, 0.1) is 22.2 Å². The maximum atomic E-state index is 5.50. The van der Waals surface area contributed by atoms with Crippen LogP contribution in [0.15, 0.2) is 194 Å². The lowest BCUT2D eigenvalue weighted by molar-refractivity contribution is 0.953. The van der Waals surface area contributed by atoms with Crippen molar-refractivity contribution in [3.63, 3.8) is 0 Å². The molecule has 262 valence electrons. The molecule has 7 aromatic carbocycles. The minimum atomic E-state index is 0.563. The van der Waals surface area contributed by atoms with Gasteiger partial charge in [0, 0.05) is 44.0 Å². The van der Waals surface area contributed by atoms with E-state index in [1.807, 2.05) is 60.7 Å². The molecule has 0 radical (unpaired) electrons. The standard InChI is InChI=1S/C50H32N6/c1-5-17-33(18-6-1)44-32-37-25-13-14-26-39(37)47-45(34-19-7-2-8-20-34)46(54-56(44)47)38-29-30-43-41(31-38)40-27-15-16-28-42(40)55(43)50-52-48(35-21-9-3-10-22-35)51-49(53-50)36-23-11-4-12-24-36/h1-32H. The fraction of sp³-hybridized carbons (Fsp3) is 0.